The van der Waals surface area contributed by atoms with Gasteiger partial charge in [-0.05, 0) is 88.4 Å². The predicted molar refractivity (Wildman–Crippen MR) is 262 cm³/mol. The van der Waals surface area contributed by atoms with Gasteiger partial charge in [-0.2, -0.15) is 0 Å². The number of nitrogens with zero attached hydrogens (tertiary/aromatic N) is 8. The number of halogens is 2. The number of aromatic nitrogens is 6. The number of benzene rings is 4. The van der Waals surface area contributed by atoms with Crippen molar-refractivity contribution in [3.63, 3.8) is 0 Å². The van der Waals surface area contributed by atoms with Crippen molar-refractivity contribution in [3.8, 4) is 22.9 Å². The van der Waals surface area contributed by atoms with Gasteiger partial charge in [-0.1, -0.05) is 47.5 Å². The van der Waals surface area contributed by atoms with Crippen molar-refractivity contribution in [3.05, 3.63) is 141 Å². The van der Waals surface area contributed by atoms with Crippen molar-refractivity contribution < 1.29 is 33.3 Å². The number of carbonyl (C=O) groups is 2. The lowest BCUT2D eigenvalue weighted by atomic mass is 10.00. The lowest BCUT2D eigenvalue weighted by Crippen LogP contribution is -2.25. The average molecular weight is 978 g/mol. The first-order chi connectivity index (χ1) is 33.6. The standard InChI is InChI=1S/C50H54Cl2N10O7/c1-5-53-45(63)29-41-49-59-57-31(3)61(49)43-17-15-37(27-39(43)47(55-41)33-7-11-35(51)12-8-33)68-25-23-66-21-19-65-20-22-67-24-26-69-38-16-18-44-40(28-38)48(34-9-13-36(52)14-10-34)56-42(30-46(64)54-6-2)50-60-58-32(4)62(44)50/h7-18,27-28,41-42H,5-6,19-26,29-30H2,1-4H3,(H,53,63)(H,54,64). The van der Waals surface area contributed by atoms with Gasteiger partial charge in [0.25, 0.3) is 0 Å². The van der Waals surface area contributed by atoms with E-state index in [0.29, 0.717) is 122 Å². The summed E-state index contributed by atoms with van der Waals surface area (Å²) in [5.74, 6) is 3.54. The normalized spacial score (nSPS) is 14.8. The van der Waals surface area contributed by atoms with Gasteiger partial charge in [0.1, 0.15) is 48.4 Å². The molecule has 17 nitrogen and oxygen atoms in total. The highest BCUT2D eigenvalue weighted by Crippen LogP contribution is 2.36. The van der Waals surface area contributed by atoms with Crippen LogP contribution in [0.25, 0.3) is 11.4 Å². The second-order valence-corrected chi connectivity index (χ2v) is 17.0. The molecule has 0 saturated heterocycles. The van der Waals surface area contributed by atoms with Crippen LogP contribution in [0.15, 0.2) is 94.9 Å². The predicted octanol–water partition coefficient (Wildman–Crippen LogP) is 7.12. The molecule has 2 atom stereocenters. The van der Waals surface area contributed by atoms with Crippen LogP contribution < -0.4 is 20.1 Å². The highest BCUT2D eigenvalue weighted by molar-refractivity contribution is 6.31. The lowest BCUT2D eigenvalue weighted by molar-refractivity contribution is -0.122. The van der Waals surface area contributed by atoms with Crippen LogP contribution in [0.4, 0.5) is 0 Å². The third-order valence-electron chi connectivity index (χ3n) is 11.3. The van der Waals surface area contributed by atoms with E-state index in [1.807, 2.05) is 122 Å². The van der Waals surface area contributed by atoms with Crippen LogP contribution >= 0.6 is 23.2 Å². The van der Waals surface area contributed by atoms with Crippen molar-refractivity contribution in [2.24, 2.45) is 9.98 Å². The summed E-state index contributed by atoms with van der Waals surface area (Å²) in [5, 5.41) is 24.6. The summed E-state index contributed by atoms with van der Waals surface area (Å²) in [6.45, 7) is 11.4. The Hall–Kier alpha value is -6.50. The lowest BCUT2D eigenvalue weighted by Gasteiger charge is -2.15. The third kappa shape index (κ3) is 11.9. The van der Waals surface area contributed by atoms with Gasteiger partial charge in [0, 0.05) is 45.4 Å². The van der Waals surface area contributed by atoms with Gasteiger partial charge in [-0.25, -0.2) is 0 Å². The molecule has 0 bridgehead atoms. The summed E-state index contributed by atoms with van der Waals surface area (Å²) < 4.78 is 33.5. The highest BCUT2D eigenvalue weighted by Gasteiger charge is 2.32. The molecule has 4 aromatic carbocycles. The first kappa shape index (κ1) is 48.9. The maximum Gasteiger partial charge on any atom is 0.222 e. The molecule has 0 spiro atoms. The van der Waals surface area contributed by atoms with Gasteiger partial charge in [0.15, 0.2) is 11.6 Å². The summed E-state index contributed by atoms with van der Waals surface area (Å²) in [4.78, 5) is 35.9. The summed E-state index contributed by atoms with van der Waals surface area (Å²) in [6, 6.07) is 25.4. The largest absolute Gasteiger partial charge is 0.491 e. The second-order valence-electron chi connectivity index (χ2n) is 16.1. The number of carbonyl (C=O) groups excluding carboxylic acids is 2. The molecule has 2 amide bonds. The number of fused-ring (bicyclic) bond motifs is 6. The van der Waals surface area contributed by atoms with E-state index in [1.54, 1.807) is 0 Å². The van der Waals surface area contributed by atoms with Gasteiger partial charge >= 0.3 is 0 Å². The smallest absolute Gasteiger partial charge is 0.222 e. The van der Waals surface area contributed by atoms with Crippen molar-refractivity contribution in [2.75, 3.05) is 65.9 Å². The Morgan fingerprint density at radius 1 is 0.536 bits per heavy atom. The van der Waals surface area contributed by atoms with Gasteiger partial charge in [-0.3, -0.25) is 28.7 Å². The van der Waals surface area contributed by atoms with Crippen molar-refractivity contribution in [1.82, 2.24) is 40.2 Å². The van der Waals surface area contributed by atoms with E-state index < -0.39 is 12.1 Å². The quantitative estimate of drug-likeness (QED) is 0.0659. The monoisotopic (exact) mass is 976 g/mol. The fourth-order valence-corrected chi connectivity index (χ4v) is 8.40. The first-order valence-corrected chi connectivity index (χ1v) is 23.7. The van der Waals surface area contributed by atoms with E-state index >= 15 is 0 Å². The molecule has 0 aliphatic carbocycles. The van der Waals surface area contributed by atoms with Crippen LogP contribution in [0.5, 0.6) is 11.5 Å². The second kappa shape index (κ2) is 23.2. The Balaban J connectivity index is 0.798. The molecule has 0 fully saturated rings. The minimum Gasteiger partial charge on any atom is -0.491 e. The molecule has 2 unspecified atom stereocenters. The molecule has 4 heterocycles. The number of rotatable bonds is 22. The van der Waals surface area contributed by atoms with Gasteiger partial charge in [0.2, 0.25) is 11.8 Å². The molecular weight excluding hydrogens is 924 g/mol. The molecule has 2 aromatic heterocycles. The van der Waals surface area contributed by atoms with Crippen molar-refractivity contribution in [1.29, 1.82) is 0 Å². The Kier molecular flexibility index (Phi) is 16.5. The zero-order valence-corrected chi connectivity index (χ0v) is 40.4. The van der Waals surface area contributed by atoms with Crippen LogP contribution in [-0.4, -0.2) is 119 Å². The maximum absolute atomic E-state index is 12.8. The fourth-order valence-electron chi connectivity index (χ4n) is 8.15. The number of nitrogens with one attached hydrogen (secondary N) is 2. The average Bonchev–Trinajstić information content (AvgIpc) is 3.85. The molecule has 360 valence electrons. The van der Waals surface area contributed by atoms with Crippen molar-refractivity contribution in [2.45, 2.75) is 52.6 Å². The molecule has 0 saturated carbocycles. The molecule has 2 N–H and O–H groups in total. The summed E-state index contributed by atoms with van der Waals surface area (Å²) in [5.41, 5.74) is 6.33. The Bertz CT molecular complexity index is 2620. The minimum absolute atomic E-state index is 0.115. The topological polar surface area (TPSA) is 190 Å². The Morgan fingerprint density at radius 3 is 1.29 bits per heavy atom. The van der Waals surface area contributed by atoms with Crippen LogP contribution in [0.1, 0.15) is 84.3 Å². The van der Waals surface area contributed by atoms with Crippen LogP contribution in [-0.2, 0) is 23.8 Å². The van der Waals surface area contributed by atoms with Crippen molar-refractivity contribution >= 4 is 46.4 Å². The van der Waals surface area contributed by atoms with E-state index in [2.05, 4.69) is 31.0 Å². The number of hydrogen-bond acceptors (Lipinski definition) is 13. The van der Waals surface area contributed by atoms with E-state index in [-0.39, 0.29) is 24.7 Å². The SMILES string of the molecule is CCNC(=O)CC1N=C(c2ccc(Cl)cc2)c2cc(OCCOCCOCCOCCOc3ccc4c(c3)C(c3ccc(Cl)cc3)=NC(CC(=O)NCC)c3nnc(C)n3-4)ccc2-n2c(C)nnc21. The Morgan fingerprint density at radius 2 is 0.913 bits per heavy atom. The molecule has 69 heavy (non-hydrogen) atoms. The number of hydrogen-bond donors (Lipinski definition) is 2. The number of ether oxygens (including phenoxy) is 5. The molecule has 6 aromatic rings. The van der Waals surface area contributed by atoms with Gasteiger partial charge < -0.3 is 34.3 Å². The molecule has 0 radical (unpaired) electrons. The molecule has 8 rings (SSSR count). The molecule has 19 heteroatoms. The molecule has 2 aliphatic heterocycles. The molecular formula is C50H54Cl2N10O7. The molecule has 2 aliphatic rings. The Labute approximate surface area is 410 Å². The van der Waals surface area contributed by atoms with Gasteiger partial charge in [-0.15, -0.1) is 20.4 Å². The number of amides is 2. The zero-order valence-electron chi connectivity index (χ0n) is 38.9. The number of aryl methyl sites for hydroxylation is 2. The van der Waals surface area contributed by atoms with E-state index in [9.17, 15) is 9.59 Å². The van der Waals surface area contributed by atoms with Crippen LogP contribution in [0, 0.1) is 13.8 Å². The zero-order chi connectivity index (χ0) is 48.3. The summed E-state index contributed by atoms with van der Waals surface area (Å²) in [6.07, 6.45) is 0.230. The van der Waals surface area contributed by atoms with Crippen LogP contribution in [0.3, 0.4) is 0 Å². The van der Waals surface area contributed by atoms with E-state index in [0.717, 1.165) is 33.6 Å². The van der Waals surface area contributed by atoms with Crippen LogP contribution in [0.2, 0.25) is 10.0 Å². The fraction of sp³-hybridized carbons (Fsp3) is 0.360. The summed E-state index contributed by atoms with van der Waals surface area (Å²) >= 11 is 12.5. The number of aliphatic imine (C=N–C) groups is 2. The minimum atomic E-state index is -0.570. The van der Waals surface area contributed by atoms with E-state index in [4.69, 9.17) is 56.9 Å². The van der Waals surface area contributed by atoms with E-state index in [1.165, 1.54) is 0 Å². The van der Waals surface area contributed by atoms with Gasteiger partial charge in [0.05, 0.1) is 75.3 Å². The first-order valence-electron chi connectivity index (χ1n) is 22.9. The maximum atomic E-state index is 12.8. The summed E-state index contributed by atoms with van der Waals surface area (Å²) in [7, 11) is 0. The third-order valence-corrected chi connectivity index (χ3v) is 11.8. The highest BCUT2D eigenvalue weighted by atomic mass is 35.5.